The molecule has 1 aliphatic rings. The molecule has 10 nitrogen and oxygen atoms in total. The Kier molecular flexibility index (Phi) is 5.74. The summed E-state index contributed by atoms with van der Waals surface area (Å²) < 4.78 is 19.8. The Morgan fingerprint density at radius 1 is 1.10 bits per heavy atom. The number of aromatic nitrogens is 5. The molecular formula is C20H22FN7O3. The summed E-state index contributed by atoms with van der Waals surface area (Å²) in [6, 6.07) is 6.94. The number of nitrogens with zero attached hydrogens (tertiary/aromatic N) is 7. The lowest BCUT2D eigenvalue weighted by Gasteiger charge is -2.36. The predicted molar refractivity (Wildman–Crippen MR) is 105 cm³/mol. The van der Waals surface area contributed by atoms with Crippen molar-refractivity contribution in [3.05, 3.63) is 59.0 Å². The molecule has 31 heavy (non-hydrogen) atoms. The minimum atomic E-state index is -0.667. The molecule has 162 valence electrons. The second-order valence-electron chi connectivity index (χ2n) is 7.47. The van der Waals surface area contributed by atoms with Gasteiger partial charge in [-0.2, -0.15) is 0 Å². The maximum Gasteiger partial charge on any atom is 0.292 e. The van der Waals surface area contributed by atoms with E-state index in [0.29, 0.717) is 44.1 Å². The van der Waals surface area contributed by atoms with Crippen LogP contribution in [0.4, 0.5) is 4.39 Å². The summed E-state index contributed by atoms with van der Waals surface area (Å²) in [5, 5.41) is 15.3. The molecule has 0 N–H and O–H groups in total. The van der Waals surface area contributed by atoms with Gasteiger partial charge in [-0.05, 0) is 42.0 Å². The summed E-state index contributed by atoms with van der Waals surface area (Å²) in [6.45, 7) is 4.97. The number of hydrogen-bond donors (Lipinski definition) is 0. The second-order valence-corrected chi connectivity index (χ2v) is 7.47. The largest absolute Gasteiger partial charge is 0.351 e. The number of rotatable bonds is 5. The molecule has 0 spiro atoms. The fraction of sp³-hybridized carbons (Fsp3) is 0.400. The zero-order valence-electron chi connectivity index (χ0n) is 17.2. The van der Waals surface area contributed by atoms with Gasteiger partial charge in [0.2, 0.25) is 11.7 Å². The average molecular weight is 427 g/mol. The zero-order valence-corrected chi connectivity index (χ0v) is 17.2. The van der Waals surface area contributed by atoms with Crippen molar-refractivity contribution in [2.75, 3.05) is 26.2 Å². The van der Waals surface area contributed by atoms with Crippen LogP contribution < -0.4 is 0 Å². The van der Waals surface area contributed by atoms with E-state index >= 15 is 0 Å². The van der Waals surface area contributed by atoms with Gasteiger partial charge in [0.1, 0.15) is 17.7 Å². The second kappa shape index (κ2) is 8.62. The van der Waals surface area contributed by atoms with Gasteiger partial charge in [-0.25, -0.2) is 9.07 Å². The van der Waals surface area contributed by atoms with Crippen LogP contribution in [0.1, 0.15) is 33.7 Å². The van der Waals surface area contributed by atoms with E-state index in [0.717, 1.165) is 5.56 Å². The molecule has 1 atom stereocenters. The first kappa shape index (κ1) is 20.6. The van der Waals surface area contributed by atoms with Crippen LogP contribution in [0.3, 0.4) is 0 Å². The Hall–Kier alpha value is -3.63. The van der Waals surface area contributed by atoms with Crippen LogP contribution in [-0.4, -0.2) is 73.2 Å². The van der Waals surface area contributed by atoms with Gasteiger partial charge in [-0.15, -0.1) is 5.10 Å². The first-order chi connectivity index (χ1) is 14.9. The van der Waals surface area contributed by atoms with E-state index < -0.39 is 6.04 Å². The highest BCUT2D eigenvalue weighted by Crippen LogP contribution is 2.20. The Balaban J connectivity index is 1.47. The van der Waals surface area contributed by atoms with Gasteiger partial charge < -0.3 is 14.3 Å². The van der Waals surface area contributed by atoms with Crippen molar-refractivity contribution < 1.29 is 18.5 Å². The van der Waals surface area contributed by atoms with E-state index in [2.05, 4.69) is 20.7 Å². The van der Waals surface area contributed by atoms with Gasteiger partial charge in [0, 0.05) is 38.7 Å². The molecular weight excluding hydrogens is 405 g/mol. The number of piperazine rings is 1. The van der Waals surface area contributed by atoms with Crippen molar-refractivity contribution >= 4 is 11.8 Å². The molecule has 1 unspecified atom stereocenters. The third-order valence-corrected chi connectivity index (χ3v) is 5.30. The van der Waals surface area contributed by atoms with Crippen molar-refractivity contribution in [2.45, 2.75) is 26.3 Å². The van der Waals surface area contributed by atoms with Gasteiger partial charge in [0.25, 0.3) is 5.91 Å². The van der Waals surface area contributed by atoms with Crippen molar-refractivity contribution in [1.29, 1.82) is 0 Å². The molecule has 1 saturated heterocycles. The molecule has 0 saturated carbocycles. The minimum absolute atomic E-state index is 0.151. The van der Waals surface area contributed by atoms with E-state index in [-0.39, 0.29) is 23.4 Å². The van der Waals surface area contributed by atoms with E-state index in [1.807, 2.05) is 0 Å². The number of halogens is 1. The molecule has 4 rings (SSSR count). The Labute approximate surface area is 177 Å². The Morgan fingerprint density at radius 2 is 1.77 bits per heavy atom. The highest BCUT2D eigenvalue weighted by atomic mass is 19.1. The maximum atomic E-state index is 13.4. The number of amides is 2. The van der Waals surface area contributed by atoms with Crippen molar-refractivity contribution in [3.8, 4) is 0 Å². The Morgan fingerprint density at radius 3 is 2.35 bits per heavy atom. The number of hydrogen-bond acceptors (Lipinski definition) is 7. The van der Waals surface area contributed by atoms with Crippen molar-refractivity contribution in [2.24, 2.45) is 0 Å². The molecule has 1 aliphatic heterocycles. The molecule has 3 heterocycles. The smallest absolute Gasteiger partial charge is 0.292 e. The summed E-state index contributed by atoms with van der Waals surface area (Å²) in [4.78, 5) is 29.3. The number of tetrazole rings is 1. The van der Waals surface area contributed by atoms with Crippen molar-refractivity contribution in [1.82, 2.24) is 35.2 Å². The zero-order chi connectivity index (χ0) is 22.0. The molecule has 0 bridgehead atoms. The fourth-order valence-corrected chi connectivity index (χ4v) is 3.61. The third-order valence-electron chi connectivity index (χ3n) is 5.30. The summed E-state index contributed by atoms with van der Waals surface area (Å²) >= 11 is 0. The molecule has 2 aromatic heterocycles. The molecule has 1 aromatic carbocycles. The summed E-state index contributed by atoms with van der Waals surface area (Å²) in [7, 11) is 0. The standard InChI is InChI=1S/C20H22FN7O3/c1-13-11-18(31-23-13)20(30)27-9-7-26(8-10-27)19(29)17(28-14(2)22-24-25-28)12-15-3-5-16(21)6-4-15/h3-6,11,17H,7-10,12H2,1-2H3. The molecule has 0 aliphatic carbocycles. The van der Waals surface area contributed by atoms with Gasteiger partial charge in [0.05, 0.1) is 5.69 Å². The van der Waals surface area contributed by atoms with Gasteiger partial charge >= 0.3 is 0 Å². The molecule has 2 amide bonds. The maximum absolute atomic E-state index is 13.4. The van der Waals surface area contributed by atoms with Crippen LogP contribution >= 0.6 is 0 Å². The highest BCUT2D eigenvalue weighted by Gasteiger charge is 2.32. The van der Waals surface area contributed by atoms with E-state index in [4.69, 9.17) is 4.52 Å². The first-order valence-electron chi connectivity index (χ1n) is 9.92. The molecule has 3 aromatic rings. The van der Waals surface area contributed by atoms with Crippen LogP contribution in [0, 0.1) is 19.7 Å². The molecule has 11 heteroatoms. The minimum Gasteiger partial charge on any atom is -0.351 e. The predicted octanol–water partition coefficient (Wildman–Crippen LogP) is 1.19. The number of aryl methyl sites for hydroxylation is 2. The molecule has 1 fully saturated rings. The highest BCUT2D eigenvalue weighted by molar-refractivity contribution is 5.91. The normalized spacial score (nSPS) is 15.2. The van der Waals surface area contributed by atoms with Crippen molar-refractivity contribution in [3.63, 3.8) is 0 Å². The van der Waals surface area contributed by atoms with Crippen LogP contribution in [0.25, 0.3) is 0 Å². The van der Waals surface area contributed by atoms with Crippen LogP contribution in [0.2, 0.25) is 0 Å². The number of carbonyl (C=O) groups is 2. The summed E-state index contributed by atoms with van der Waals surface area (Å²) in [6.07, 6.45) is 0.321. The van der Waals surface area contributed by atoms with E-state index in [1.54, 1.807) is 41.8 Å². The molecule has 0 radical (unpaired) electrons. The fourth-order valence-electron chi connectivity index (χ4n) is 3.61. The van der Waals surface area contributed by atoms with E-state index in [1.165, 1.54) is 16.8 Å². The lowest BCUT2D eigenvalue weighted by molar-refractivity contribution is -0.136. The van der Waals surface area contributed by atoms with Crippen LogP contribution in [0.5, 0.6) is 0 Å². The Bertz CT molecular complexity index is 1070. The first-order valence-corrected chi connectivity index (χ1v) is 9.92. The topological polar surface area (TPSA) is 110 Å². The number of carbonyl (C=O) groups excluding carboxylic acids is 2. The van der Waals surface area contributed by atoms with Crippen LogP contribution in [-0.2, 0) is 11.2 Å². The SMILES string of the molecule is Cc1cc(C(=O)N2CCN(C(=O)C(Cc3ccc(F)cc3)n3nnnc3C)CC2)on1. The third kappa shape index (κ3) is 4.44. The lowest BCUT2D eigenvalue weighted by atomic mass is 10.0. The monoisotopic (exact) mass is 427 g/mol. The van der Waals surface area contributed by atoms with E-state index in [9.17, 15) is 14.0 Å². The van der Waals surface area contributed by atoms with Crippen LogP contribution in [0.15, 0.2) is 34.9 Å². The van der Waals surface area contributed by atoms with Gasteiger partial charge in [0.15, 0.2) is 0 Å². The van der Waals surface area contributed by atoms with Gasteiger partial charge in [-0.1, -0.05) is 17.3 Å². The lowest BCUT2D eigenvalue weighted by Crippen LogP contribution is -2.52. The quantitative estimate of drug-likeness (QED) is 0.601. The average Bonchev–Trinajstić information content (AvgIpc) is 3.40. The number of benzene rings is 1. The van der Waals surface area contributed by atoms with Gasteiger partial charge in [-0.3, -0.25) is 9.59 Å². The summed E-state index contributed by atoms with van der Waals surface area (Å²) in [5.74, 6) is -0.0343. The summed E-state index contributed by atoms with van der Waals surface area (Å²) in [5.41, 5.74) is 1.43.